The molecule has 1 unspecified atom stereocenters. The molecule has 0 aliphatic heterocycles. The number of methoxy groups -OCH3 is 2. The number of hydrogen-bond donors (Lipinski definition) is 0. The number of ether oxygens (including phenoxy) is 3. The molecule has 0 aromatic carbocycles. The molecule has 78 valence electrons. The maximum absolute atomic E-state index is 10.2. The Kier molecular flexibility index (Phi) is 3.39. The molecule has 0 saturated heterocycles. The van der Waals surface area contributed by atoms with E-state index < -0.39 is 6.23 Å². The van der Waals surface area contributed by atoms with Crippen molar-refractivity contribution in [2.45, 2.75) is 13.2 Å². The van der Waals surface area contributed by atoms with Crippen molar-refractivity contribution in [3.8, 4) is 11.6 Å². The summed E-state index contributed by atoms with van der Waals surface area (Å²) in [7, 11) is 3.10. The highest BCUT2D eigenvalue weighted by atomic mass is 16.5. The normalized spacial score (nSPS) is 11.9. The standard InChI is InChI=1S/C9H13NO4/c1-7(14-6-11)10-5-8(12-2)4-9(10)13-3/h4-7H,1-3H3. The Morgan fingerprint density at radius 1 is 1.43 bits per heavy atom. The van der Waals surface area contributed by atoms with Gasteiger partial charge in [0, 0.05) is 6.07 Å². The molecule has 5 heteroatoms. The Morgan fingerprint density at radius 3 is 2.64 bits per heavy atom. The van der Waals surface area contributed by atoms with Crippen LogP contribution in [0.25, 0.3) is 0 Å². The van der Waals surface area contributed by atoms with Crippen LogP contribution in [0.2, 0.25) is 0 Å². The second-order valence-electron chi connectivity index (χ2n) is 2.66. The number of hydrogen-bond acceptors (Lipinski definition) is 4. The summed E-state index contributed by atoms with van der Waals surface area (Å²) in [6, 6.07) is 1.71. The zero-order chi connectivity index (χ0) is 10.6. The summed E-state index contributed by atoms with van der Waals surface area (Å²) in [5.74, 6) is 1.24. The van der Waals surface area contributed by atoms with Crippen molar-refractivity contribution in [1.82, 2.24) is 4.57 Å². The van der Waals surface area contributed by atoms with Crippen LogP contribution in [0, 0.1) is 0 Å². The summed E-state index contributed by atoms with van der Waals surface area (Å²) in [6.07, 6.45) is 1.29. The first-order valence-corrected chi connectivity index (χ1v) is 4.12. The first-order valence-electron chi connectivity index (χ1n) is 4.12. The Morgan fingerprint density at radius 2 is 2.14 bits per heavy atom. The molecule has 0 aliphatic rings. The zero-order valence-corrected chi connectivity index (χ0v) is 8.39. The van der Waals surface area contributed by atoms with Crippen LogP contribution in [0.3, 0.4) is 0 Å². The van der Waals surface area contributed by atoms with E-state index in [0.717, 1.165) is 0 Å². The van der Waals surface area contributed by atoms with Gasteiger partial charge >= 0.3 is 0 Å². The van der Waals surface area contributed by atoms with Crippen molar-refractivity contribution in [2.75, 3.05) is 14.2 Å². The largest absolute Gasteiger partial charge is 0.495 e. The topological polar surface area (TPSA) is 49.7 Å². The Balaban J connectivity index is 2.92. The van der Waals surface area contributed by atoms with E-state index in [1.165, 1.54) is 0 Å². The van der Waals surface area contributed by atoms with E-state index in [0.29, 0.717) is 18.1 Å². The van der Waals surface area contributed by atoms with Crippen LogP contribution < -0.4 is 9.47 Å². The average Bonchev–Trinajstić information content (AvgIpc) is 2.61. The number of rotatable bonds is 5. The number of carbonyl (C=O) groups is 1. The minimum Gasteiger partial charge on any atom is -0.495 e. The average molecular weight is 199 g/mol. The molecular formula is C9H13NO4. The molecule has 0 saturated carbocycles. The van der Waals surface area contributed by atoms with Crippen molar-refractivity contribution in [3.05, 3.63) is 12.3 Å². The van der Waals surface area contributed by atoms with Gasteiger partial charge < -0.3 is 14.2 Å². The van der Waals surface area contributed by atoms with E-state index in [1.807, 2.05) is 0 Å². The van der Waals surface area contributed by atoms with Crippen molar-refractivity contribution >= 4 is 6.47 Å². The third-order valence-electron chi connectivity index (χ3n) is 1.88. The minimum atomic E-state index is -0.411. The van der Waals surface area contributed by atoms with Crippen LogP contribution in [-0.4, -0.2) is 25.3 Å². The third kappa shape index (κ3) is 1.99. The van der Waals surface area contributed by atoms with Gasteiger partial charge in [-0.3, -0.25) is 9.36 Å². The summed E-state index contributed by atoms with van der Waals surface area (Å²) in [4.78, 5) is 10.2. The van der Waals surface area contributed by atoms with Gasteiger partial charge in [0.2, 0.25) is 0 Å². The molecule has 1 heterocycles. The van der Waals surface area contributed by atoms with Crippen molar-refractivity contribution < 1.29 is 19.0 Å². The van der Waals surface area contributed by atoms with Crippen LogP contribution in [0.4, 0.5) is 0 Å². The quantitative estimate of drug-likeness (QED) is 0.668. The second kappa shape index (κ2) is 4.55. The predicted molar refractivity (Wildman–Crippen MR) is 49.4 cm³/mol. The van der Waals surface area contributed by atoms with Gasteiger partial charge in [0.1, 0.15) is 5.75 Å². The summed E-state index contributed by atoms with van der Waals surface area (Å²) >= 11 is 0. The van der Waals surface area contributed by atoms with Gasteiger partial charge in [-0.25, -0.2) is 0 Å². The van der Waals surface area contributed by atoms with E-state index in [2.05, 4.69) is 0 Å². The smallest absolute Gasteiger partial charge is 0.295 e. The second-order valence-corrected chi connectivity index (χ2v) is 2.66. The fourth-order valence-electron chi connectivity index (χ4n) is 1.14. The first kappa shape index (κ1) is 10.4. The van der Waals surface area contributed by atoms with Crippen LogP contribution >= 0.6 is 0 Å². The monoisotopic (exact) mass is 199 g/mol. The van der Waals surface area contributed by atoms with Gasteiger partial charge in [-0.05, 0) is 6.92 Å². The van der Waals surface area contributed by atoms with Crippen molar-refractivity contribution in [2.24, 2.45) is 0 Å². The van der Waals surface area contributed by atoms with Gasteiger partial charge in [0.05, 0.1) is 20.4 Å². The maximum atomic E-state index is 10.2. The first-order chi connectivity index (χ1) is 6.72. The Labute approximate surface area is 82.2 Å². The van der Waals surface area contributed by atoms with Crippen LogP contribution in [0.5, 0.6) is 11.6 Å². The zero-order valence-electron chi connectivity index (χ0n) is 8.39. The van der Waals surface area contributed by atoms with E-state index >= 15 is 0 Å². The number of nitrogens with zero attached hydrogens (tertiary/aromatic N) is 1. The summed E-state index contributed by atoms with van der Waals surface area (Å²) in [6.45, 7) is 2.13. The molecule has 1 aromatic rings. The highest BCUT2D eigenvalue weighted by molar-refractivity contribution is 5.37. The molecule has 0 bridgehead atoms. The molecule has 0 radical (unpaired) electrons. The molecular weight excluding hydrogens is 186 g/mol. The minimum absolute atomic E-state index is 0.399. The molecule has 0 N–H and O–H groups in total. The van der Waals surface area contributed by atoms with E-state index in [9.17, 15) is 4.79 Å². The molecule has 5 nitrogen and oxygen atoms in total. The highest BCUT2D eigenvalue weighted by Gasteiger charge is 2.12. The summed E-state index contributed by atoms with van der Waals surface area (Å²) < 4.78 is 16.5. The summed E-state index contributed by atoms with van der Waals surface area (Å²) in [5.41, 5.74) is 0. The molecule has 1 atom stereocenters. The fraction of sp³-hybridized carbons (Fsp3) is 0.444. The van der Waals surface area contributed by atoms with Gasteiger partial charge in [-0.15, -0.1) is 0 Å². The van der Waals surface area contributed by atoms with E-state index in [-0.39, 0.29) is 0 Å². The number of carbonyl (C=O) groups excluding carboxylic acids is 1. The molecule has 0 aliphatic carbocycles. The van der Waals surface area contributed by atoms with Gasteiger partial charge in [0.15, 0.2) is 12.1 Å². The summed E-state index contributed by atoms with van der Waals surface area (Å²) in [5, 5.41) is 0. The van der Waals surface area contributed by atoms with Crippen molar-refractivity contribution in [3.63, 3.8) is 0 Å². The third-order valence-corrected chi connectivity index (χ3v) is 1.88. The van der Waals surface area contributed by atoms with Crippen LogP contribution in [0.1, 0.15) is 13.2 Å². The fourth-order valence-corrected chi connectivity index (χ4v) is 1.14. The molecule has 1 aromatic heterocycles. The number of aromatic nitrogens is 1. The SMILES string of the molecule is COc1cc(OC)n(C(C)OC=O)c1. The molecule has 14 heavy (non-hydrogen) atoms. The molecule has 0 spiro atoms. The van der Waals surface area contributed by atoms with Gasteiger partial charge in [0.25, 0.3) is 6.47 Å². The predicted octanol–water partition coefficient (Wildman–Crippen LogP) is 1.20. The Bertz CT molecular complexity index is 308. The van der Waals surface area contributed by atoms with Crippen LogP contribution in [0.15, 0.2) is 12.3 Å². The lowest BCUT2D eigenvalue weighted by Crippen LogP contribution is -2.08. The highest BCUT2D eigenvalue weighted by Crippen LogP contribution is 2.26. The van der Waals surface area contributed by atoms with E-state index in [1.54, 1.807) is 38.0 Å². The lowest BCUT2D eigenvalue weighted by atomic mass is 10.6. The molecule has 0 amide bonds. The Hall–Kier alpha value is -1.65. The lowest BCUT2D eigenvalue weighted by molar-refractivity contribution is -0.136. The van der Waals surface area contributed by atoms with E-state index in [4.69, 9.17) is 14.2 Å². The van der Waals surface area contributed by atoms with Crippen LogP contribution in [-0.2, 0) is 9.53 Å². The molecule has 0 fully saturated rings. The van der Waals surface area contributed by atoms with Crippen molar-refractivity contribution in [1.29, 1.82) is 0 Å². The lowest BCUT2D eigenvalue weighted by Gasteiger charge is -2.13. The molecule has 1 rings (SSSR count). The van der Waals surface area contributed by atoms with Gasteiger partial charge in [-0.1, -0.05) is 0 Å². The van der Waals surface area contributed by atoms with Gasteiger partial charge in [-0.2, -0.15) is 0 Å². The maximum Gasteiger partial charge on any atom is 0.295 e.